The molecule has 3 heteroatoms. The second kappa shape index (κ2) is 8.36. The number of halogens is 1. The zero-order valence-corrected chi connectivity index (χ0v) is 9.36. The SMILES string of the molecule is CCCCC(=O)NC(CC)CCCl. The van der Waals surface area contributed by atoms with Gasteiger partial charge in [0.05, 0.1) is 0 Å². The van der Waals surface area contributed by atoms with Crippen molar-refractivity contribution in [2.24, 2.45) is 0 Å². The van der Waals surface area contributed by atoms with E-state index in [0.717, 1.165) is 25.7 Å². The van der Waals surface area contributed by atoms with Gasteiger partial charge in [-0.15, -0.1) is 11.6 Å². The summed E-state index contributed by atoms with van der Waals surface area (Å²) < 4.78 is 0. The fourth-order valence-corrected chi connectivity index (χ4v) is 1.41. The normalized spacial score (nSPS) is 12.5. The Morgan fingerprint density at radius 3 is 2.62 bits per heavy atom. The molecule has 2 nitrogen and oxygen atoms in total. The van der Waals surface area contributed by atoms with Gasteiger partial charge in [0.25, 0.3) is 0 Å². The van der Waals surface area contributed by atoms with E-state index in [1.807, 2.05) is 0 Å². The molecule has 0 aliphatic carbocycles. The number of hydrogen-bond donors (Lipinski definition) is 1. The fourth-order valence-electron chi connectivity index (χ4n) is 1.15. The van der Waals surface area contributed by atoms with Gasteiger partial charge < -0.3 is 5.32 Å². The van der Waals surface area contributed by atoms with Crippen LogP contribution in [0.2, 0.25) is 0 Å². The second-order valence-corrected chi connectivity index (χ2v) is 3.63. The molecule has 0 aromatic carbocycles. The van der Waals surface area contributed by atoms with Crippen LogP contribution in [0.4, 0.5) is 0 Å². The van der Waals surface area contributed by atoms with Gasteiger partial charge in [-0.25, -0.2) is 0 Å². The molecule has 0 fully saturated rings. The van der Waals surface area contributed by atoms with Crippen molar-refractivity contribution < 1.29 is 4.79 Å². The van der Waals surface area contributed by atoms with Gasteiger partial charge in [0.15, 0.2) is 0 Å². The third-order valence-electron chi connectivity index (χ3n) is 2.07. The smallest absolute Gasteiger partial charge is 0.220 e. The largest absolute Gasteiger partial charge is 0.353 e. The van der Waals surface area contributed by atoms with Gasteiger partial charge in [-0.2, -0.15) is 0 Å². The molecule has 0 aromatic heterocycles. The van der Waals surface area contributed by atoms with Crippen LogP contribution in [0.3, 0.4) is 0 Å². The Balaban J connectivity index is 3.60. The summed E-state index contributed by atoms with van der Waals surface area (Å²) in [5, 5.41) is 2.98. The van der Waals surface area contributed by atoms with Gasteiger partial charge in [-0.3, -0.25) is 4.79 Å². The molecule has 0 aliphatic heterocycles. The molecule has 0 heterocycles. The molecule has 0 saturated heterocycles. The topological polar surface area (TPSA) is 29.1 Å². The van der Waals surface area contributed by atoms with E-state index in [1.165, 1.54) is 0 Å². The zero-order valence-electron chi connectivity index (χ0n) is 8.61. The van der Waals surface area contributed by atoms with Crippen molar-refractivity contribution in [2.45, 2.75) is 52.0 Å². The van der Waals surface area contributed by atoms with Crippen LogP contribution in [0.1, 0.15) is 46.0 Å². The van der Waals surface area contributed by atoms with E-state index in [9.17, 15) is 4.79 Å². The van der Waals surface area contributed by atoms with Crippen molar-refractivity contribution in [3.63, 3.8) is 0 Å². The summed E-state index contributed by atoms with van der Waals surface area (Å²) in [6, 6.07) is 0.266. The first kappa shape index (κ1) is 12.8. The lowest BCUT2D eigenvalue weighted by molar-refractivity contribution is -0.121. The molecule has 13 heavy (non-hydrogen) atoms. The predicted molar refractivity (Wildman–Crippen MR) is 57.1 cm³/mol. The molecule has 1 atom stereocenters. The van der Waals surface area contributed by atoms with Crippen LogP contribution in [-0.4, -0.2) is 17.8 Å². The van der Waals surface area contributed by atoms with Crippen LogP contribution < -0.4 is 5.32 Å². The van der Waals surface area contributed by atoms with Crippen molar-refractivity contribution >= 4 is 17.5 Å². The zero-order chi connectivity index (χ0) is 10.1. The standard InChI is InChI=1S/C10H20ClNO/c1-3-5-6-10(13)12-9(4-2)7-8-11/h9H,3-8H2,1-2H3,(H,12,13). The molecule has 78 valence electrons. The van der Waals surface area contributed by atoms with Crippen LogP contribution in [0.5, 0.6) is 0 Å². The third-order valence-corrected chi connectivity index (χ3v) is 2.29. The van der Waals surface area contributed by atoms with Gasteiger partial charge in [0.2, 0.25) is 5.91 Å². The Kier molecular flexibility index (Phi) is 8.21. The summed E-state index contributed by atoms with van der Waals surface area (Å²) in [6.07, 6.45) is 4.53. The Bertz CT molecular complexity index is 139. The molecule has 0 saturated carbocycles. The van der Waals surface area contributed by atoms with Gasteiger partial charge in [0.1, 0.15) is 0 Å². The molecular weight excluding hydrogens is 186 g/mol. The summed E-state index contributed by atoms with van der Waals surface area (Å²) >= 11 is 5.61. The van der Waals surface area contributed by atoms with Crippen LogP contribution in [-0.2, 0) is 4.79 Å². The lowest BCUT2D eigenvalue weighted by atomic mass is 10.1. The highest BCUT2D eigenvalue weighted by molar-refractivity contribution is 6.17. The van der Waals surface area contributed by atoms with E-state index in [2.05, 4.69) is 19.2 Å². The molecular formula is C10H20ClNO. The molecule has 1 amide bonds. The first-order chi connectivity index (χ1) is 6.24. The number of hydrogen-bond acceptors (Lipinski definition) is 1. The molecule has 0 aliphatic rings. The Labute approximate surface area is 86.0 Å². The first-order valence-electron chi connectivity index (χ1n) is 5.09. The van der Waals surface area contributed by atoms with E-state index < -0.39 is 0 Å². The van der Waals surface area contributed by atoms with Crippen LogP contribution in [0.25, 0.3) is 0 Å². The van der Waals surface area contributed by atoms with Crippen molar-refractivity contribution in [1.82, 2.24) is 5.32 Å². The quantitative estimate of drug-likeness (QED) is 0.637. The number of unbranched alkanes of at least 4 members (excludes halogenated alkanes) is 1. The highest BCUT2D eigenvalue weighted by Gasteiger charge is 2.08. The molecule has 1 N–H and O–H groups in total. The summed E-state index contributed by atoms with van der Waals surface area (Å²) in [5.74, 6) is 0.783. The number of carbonyl (C=O) groups excluding carboxylic acids is 1. The Hall–Kier alpha value is -0.240. The van der Waals surface area contributed by atoms with E-state index in [0.29, 0.717) is 12.3 Å². The molecule has 0 radical (unpaired) electrons. The summed E-state index contributed by atoms with van der Waals surface area (Å²) in [5.41, 5.74) is 0. The lowest BCUT2D eigenvalue weighted by Gasteiger charge is -2.15. The molecule has 0 spiro atoms. The van der Waals surface area contributed by atoms with Crippen LogP contribution in [0.15, 0.2) is 0 Å². The molecule has 0 bridgehead atoms. The molecule has 1 unspecified atom stereocenters. The van der Waals surface area contributed by atoms with Gasteiger partial charge >= 0.3 is 0 Å². The van der Waals surface area contributed by atoms with Gasteiger partial charge in [-0.1, -0.05) is 20.3 Å². The Morgan fingerprint density at radius 1 is 1.46 bits per heavy atom. The fraction of sp³-hybridized carbons (Fsp3) is 0.900. The lowest BCUT2D eigenvalue weighted by Crippen LogP contribution is -2.34. The maximum absolute atomic E-state index is 11.3. The molecule has 0 rings (SSSR count). The number of alkyl halides is 1. The number of carbonyl (C=O) groups is 1. The van der Waals surface area contributed by atoms with Crippen molar-refractivity contribution in [3.8, 4) is 0 Å². The maximum atomic E-state index is 11.3. The summed E-state index contributed by atoms with van der Waals surface area (Å²) in [7, 11) is 0. The average Bonchev–Trinajstić information content (AvgIpc) is 2.14. The second-order valence-electron chi connectivity index (χ2n) is 3.25. The number of amides is 1. The van der Waals surface area contributed by atoms with Crippen molar-refractivity contribution in [3.05, 3.63) is 0 Å². The minimum absolute atomic E-state index is 0.166. The van der Waals surface area contributed by atoms with Gasteiger partial charge in [-0.05, 0) is 19.3 Å². The summed E-state index contributed by atoms with van der Waals surface area (Å²) in [4.78, 5) is 11.3. The van der Waals surface area contributed by atoms with Crippen LogP contribution >= 0.6 is 11.6 Å². The highest BCUT2D eigenvalue weighted by atomic mass is 35.5. The monoisotopic (exact) mass is 205 g/mol. The minimum atomic E-state index is 0.166. The first-order valence-corrected chi connectivity index (χ1v) is 5.63. The number of rotatable bonds is 7. The van der Waals surface area contributed by atoms with E-state index >= 15 is 0 Å². The van der Waals surface area contributed by atoms with E-state index in [1.54, 1.807) is 0 Å². The van der Waals surface area contributed by atoms with Crippen molar-refractivity contribution in [2.75, 3.05) is 5.88 Å². The van der Waals surface area contributed by atoms with E-state index in [-0.39, 0.29) is 11.9 Å². The summed E-state index contributed by atoms with van der Waals surface area (Å²) in [6.45, 7) is 4.15. The maximum Gasteiger partial charge on any atom is 0.220 e. The minimum Gasteiger partial charge on any atom is -0.353 e. The molecule has 0 aromatic rings. The highest BCUT2D eigenvalue weighted by Crippen LogP contribution is 2.01. The van der Waals surface area contributed by atoms with Crippen molar-refractivity contribution in [1.29, 1.82) is 0 Å². The van der Waals surface area contributed by atoms with Crippen LogP contribution in [0, 0.1) is 0 Å². The van der Waals surface area contributed by atoms with E-state index in [4.69, 9.17) is 11.6 Å². The predicted octanol–water partition coefficient (Wildman–Crippen LogP) is 2.70. The Morgan fingerprint density at radius 2 is 2.15 bits per heavy atom. The third kappa shape index (κ3) is 6.88. The van der Waals surface area contributed by atoms with Gasteiger partial charge in [0, 0.05) is 18.3 Å². The number of nitrogens with one attached hydrogen (secondary N) is 1. The average molecular weight is 206 g/mol.